The Balaban J connectivity index is 2.06. The van der Waals surface area contributed by atoms with Gasteiger partial charge in [-0.15, -0.1) is 0 Å². The van der Waals surface area contributed by atoms with E-state index < -0.39 is 17.6 Å². The minimum atomic E-state index is -4.14. The third kappa shape index (κ3) is 3.81. The van der Waals surface area contributed by atoms with E-state index in [1.54, 1.807) is 25.3 Å². The maximum Gasteiger partial charge on any atom is 0.391 e. The van der Waals surface area contributed by atoms with Gasteiger partial charge in [-0.05, 0) is 37.8 Å². The number of rotatable bonds is 4. The summed E-state index contributed by atoms with van der Waals surface area (Å²) >= 11 is 0. The molecule has 0 aromatic heterocycles. The molecule has 21 heavy (non-hydrogen) atoms. The van der Waals surface area contributed by atoms with Gasteiger partial charge in [0.2, 0.25) is 0 Å². The van der Waals surface area contributed by atoms with E-state index in [1.165, 1.54) is 0 Å². The van der Waals surface area contributed by atoms with Crippen LogP contribution < -0.4 is 10.1 Å². The summed E-state index contributed by atoms with van der Waals surface area (Å²) in [5.41, 5.74) is 0.0579. The molecule has 1 fully saturated rings. The first kappa shape index (κ1) is 15.9. The smallest absolute Gasteiger partial charge is 0.391 e. The summed E-state index contributed by atoms with van der Waals surface area (Å²) < 4.78 is 43.3. The summed E-state index contributed by atoms with van der Waals surface area (Å²) in [6.45, 7) is -0.186. The highest BCUT2D eigenvalue weighted by molar-refractivity contribution is 5.50. The molecule has 0 unspecified atom stereocenters. The lowest BCUT2D eigenvalue weighted by molar-refractivity contribution is -0.184. The Morgan fingerprint density at radius 2 is 2.00 bits per heavy atom. The van der Waals surface area contributed by atoms with Crippen LogP contribution in [0.2, 0.25) is 0 Å². The number of nitrogens with one attached hydrogen (secondary N) is 1. The molecule has 0 bridgehead atoms. The molecular weight excluding hydrogens is 283 g/mol. The molecule has 0 aliphatic heterocycles. The van der Waals surface area contributed by atoms with Gasteiger partial charge in [0.05, 0.1) is 25.2 Å². The van der Waals surface area contributed by atoms with Gasteiger partial charge < -0.3 is 15.2 Å². The van der Waals surface area contributed by atoms with Crippen molar-refractivity contribution < 1.29 is 23.0 Å². The number of benzene rings is 1. The highest BCUT2D eigenvalue weighted by Crippen LogP contribution is 2.42. The Morgan fingerprint density at radius 1 is 1.33 bits per heavy atom. The predicted molar refractivity (Wildman–Crippen MR) is 74.4 cm³/mol. The molecule has 1 aromatic carbocycles. The van der Waals surface area contributed by atoms with Crippen molar-refractivity contribution in [1.82, 2.24) is 0 Å². The van der Waals surface area contributed by atoms with Gasteiger partial charge in [-0.25, -0.2) is 0 Å². The first-order valence-electron chi connectivity index (χ1n) is 6.98. The van der Waals surface area contributed by atoms with Crippen LogP contribution in [0.5, 0.6) is 5.75 Å². The molecule has 2 rings (SSSR count). The van der Waals surface area contributed by atoms with Gasteiger partial charge in [0, 0.05) is 11.8 Å². The number of ether oxygens (including phenoxy) is 1. The van der Waals surface area contributed by atoms with E-state index in [0.717, 1.165) is 5.69 Å². The second-order valence-corrected chi connectivity index (χ2v) is 5.61. The zero-order chi connectivity index (χ0) is 15.5. The molecule has 1 aromatic rings. The summed E-state index contributed by atoms with van der Waals surface area (Å²) in [4.78, 5) is 0. The molecular formula is C15H20F3NO2. The normalized spacial score (nSPS) is 26.4. The van der Waals surface area contributed by atoms with Crippen molar-refractivity contribution in [2.45, 2.75) is 37.4 Å². The molecule has 0 radical (unpaired) electrons. The highest BCUT2D eigenvalue weighted by atomic mass is 19.4. The largest absolute Gasteiger partial charge is 0.497 e. The number of halogens is 3. The van der Waals surface area contributed by atoms with Crippen molar-refractivity contribution >= 4 is 5.69 Å². The average Bonchev–Trinajstić information content (AvgIpc) is 2.47. The van der Waals surface area contributed by atoms with Crippen LogP contribution in [0.25, 0.3) is 0 Å². The molecule has 0 atom stereocenters. The Kier molecular flexibility index (Phi) is 4.66. The first-order chi connectivity index (χ1) is 9.88. The van der Waals surface area contributed by atoms with Crippen molar-refractivity contribution in [2.75, 3.05) is 19.0 Å². The zero-order valence-corrected chi connectivity index (χ0v) is 11.9. The fraction of sp³-hybridized carbons (Fsp3) is 0.600. The van der Waals surface area contributed by atoms with E-state index in [0.29, 0.717) is 18.6 Å². The lowest BCUT2D eigenvalue weighted by Crippen LogP contribution is -2.47. The molecule has 1 aliphatic rings. The lowest BCUT2D eigenvalue weighted by atomic mass is 9.76. The Morgan fingerprint density at radius 3 is 2.52 bits per heavy atom. The number of anilines is 1. The average molecular weight is 303 g/mol. The Hall–Kier alpha value is -1.43. The Bertz CT molecular complexity index is 468. The van der Waals surface area contributed by atoms with Crippen molar-refractivity contribution in [3.05, 3.63) is 24.3 Å². The maximum atomic E-state index is 12.7. The van der Waals surface area contributed by atoms with Crippen LogP contribution in [0.4, 0.5) is 18.9 Å². The maximum absolute atomic E-state index is 12.7. The van der Waals surface area contributed by atoms with Crippen LogP contribution in [0.1, 0.15) is 25.7 Å². The van der Waals surface area contributed by atoms with Crippen LogP contribution in [0, 0.1) is 5.92 Å². The van der Waals surface area contributed by atoms with Crippen LogP contribution in [-0.2, 0) is 0 Å². The standard InChI is InChI=1S/C15H20F3NO2/c1-21-13-4-2-3-12(9-13)19-14(10-20)7-5-11(6-8-14)15(16,17)18/h2-4,9,11,19-20H,5-8,10H2,1H3. The molecule has 6 heteroatoms. The van der Waals surface area contributed by atoms with E-state index in [2.05, 4.69) is 5.32 Å². The quantitative estimate of drug-likeness (QED) is 0.893. The number of alkyl halides is 3. The summed E-state index contributed by atoms with van der Waals surface area (Å²) in [6.07, 6.45) is -3.46. The fourth-order valence-corrected chi connectivity index (χ4v) is 2.83. The van der Waals surface area contributed by atoms with Gasteiger partial charge in [-0.2, -0.15) is 13.2 Å². The van der Waals surface area contributed by atoms with Gasteiger partial charge in [0.1, 0.15) is 5.75 Å². The highest BCUT2D eigenvalue weighted by Gasteiger charge is 2.45. The van der Waals surface area contributed by atoms with E-state index >= 15 is 0 Å². The summed E-state index contributed by atoms with van der Waals surface area (Å²) in [7, 11) is 1.55. The Labute approximate surface area is 122 Å². The minimum Gasteiger partial charge on any atom is -0.497 e. The van der Waals surface area contributed by atoms with Crippen LogP contribution >= 0.6 is 0 Å². The molecule has 0 saturated heterocycles. The summed E-state index contributed by atoms with van der Waals surface area (Å²) in [5, 5.41) is 12.8. The third-order valence-electron chi connectivity index (χ3n) is 4.19. The van der Waals surface area contributed by atoms with E-state index in [9.17, 15) is 18.3 Å². The monoisotopic (exact) mass is 303 g/mol. The summed E-state index contributed by atoms with van der Waals surface area (Å²) in [5.74, 6) is -0.596. The van der Waals surface area contributed by atoms with Crippen LogP contribution in [0.15, 0.2) is 24.3 Å². The molecule has 118 valence electrons. The van der Waals surface area contributed by atoms with Gasteiger partial charge >= 0.3 is 6.18 Å². The second kappa shape index (κ2) is 6.13. The minimum absolute atomic E-state index is 0.0427. The van der Waals surface area contributed by atoms with Crippen molar-refractivity contribution in [3.63, 3.8) is 0 Å². The van der Waals surface area contributed by atoms with Crippen LogP contribution in [0.3, 0.4) is 0 Å². The molecule has 0 spiro atoms. The molecule has 1 saturated carbocycles. The molecule has 2 N–H and O–H groups in total. The van der Waals surface area contributed by atoms with Gasteiger partial charge in [-0.1, -0.05) is 6.07 Å². The topological polar surface area (TPSA) is 41.5 Å². The van der Waals surface area contributed by atoms with Gasteiger partial charge in [0.25, 0.3) is 0 Å². The molecule has 0 amide bonds. The van der Waals surface area contributed by atoms with E-state index in [1.807, 2.05) is 6.07 Å². The number of methoxy groups -OCH3 is 1. The van der Waals surface area contributed by atoms with Gasteiger partial charge in [-0.3, -0.25) is 0 Å². The second-order valence-electron chi connectivity index (χ2n) is 5.61. The van der Waals surface area contributed by atoms with E-state index in [4.69, 9.17) is 4.74 Å². The number of hydrogen-bond donors (Lipinski definition) is 2. The van der Waals surface area contributed by atoms with Gasteiger partial charge in [0.15, 0.2) is 0 Å². The van der Waals surface area contributed by atoms with Crippen molar-refractivity contribution in [3.8, 4) is 5.75 Å². The van der Waals surface area contributed by atoms with E-state index in [-0.39, 0.29) is 19.4 Å². The predicted octanol–water partition coefficient (Wildman–Crippen LogP) is 3.59. The van der Waals surface area contributed by atoms with Crippen LogP contribution in [-0.4, -0.2) is 30.5 Å². The van der Waals surface area contributed by atoms with Crippen molar-refractivity contribution in [2.24, 2.45) is 5.92 Å². The fourth-order valence-electron chi connectivity index (χ4n) is 2.83. The number of aliphatic hydroxyl groups is 1. The molecule has 3 nitrogen and oxygen atoms in total. The van der Waals surface area contributed by atoms with Crippen molar-refractivity contribution in [1.29, 1.82) is 0 Å². The SMILES string of the molecule is COc1cccc(NC2(CO)CCC(C(F)(F)F)CC2)c1. The lowest BCUT2D eigenvalue weighted by Gasteiger charge is -2.40. The summed E-state index contributed by atoms with van der Waals surface area (Å²) in [6, 6.07) is 7.17. The molecule has 0 heterocycles. The number of aliphatic hydroxyl groups excluding tert-OH is 1. The first-order valence-corrected chi connectivity index (χ1v) is 6.98. The number of hydrogen-bond acceptors (Lipinski definition) is 3. The zero-order valence-electron chi connectivity index (χ0n) is 11.9. The molecule has 1 aliphatic carbocycles. The third-order valence-corrected chi connectivity index (χ3v) is 4.19.